The molecule has 4 nitrogen and oxygen atoms in total. The summed E-state index contributed by atoms with van der Waals surface area (Å²) in [7, 11) is 0. The quantitative estimate of drug-likeness (QED) is 0.675. The second-order valence-electron chi connectivity index (χ2n) is 4.27. The van der Waals surface area contributed by atoms with E-state index in [1.165, 1.54) is 6.07 Å². The van der Waals surface area contributed by atoms with Crippen LogP contribution in [0.1, 0.15) is 23.4 Å². The highest BCUT2D eigenvalue weighted by atomic mass is 32.1. The maximum absolute atomic E-state index is 13.6. The fraction of sp³-hybridized carbons (Fsp3) is 0.231. The molecule has 0 radical (unpaired) electrons. The summed E-state index contributed by atoms with van der Waals surface area (Å²) in [5.41, 5.74) is 0.232. The van der Waals surface area contributed by atoms with Gasteiger partial charge in [-0.1, -0.05) is 11.3 Å². The zero-order valence-corrected chi connectivity index (χ0v) is 11.4. The highest BCUT2D eigenvalue weighted by Gasteiger charge is 2.13. The lowest BCUT2D eigenvalue weighted by atomic mass is 10.1. The van der Waals surface area contributed by atoms with Crippen LogP contribution in [-0.2, 0) is 6.54 Å². The third-order valence-corrected chi connectivity index (χ3v) is 3.87. The molecule has 106 valence electrons. The Morgan fingerprint density at radius 2 is 2.10 bits per heavy atom. The van der Waals surface area contributed by atoms with Gasteiger partial charge in [0.15, 0.2) is 0 Å². The van der Waals surface area contributed by atoms with Crippen LogP contribution in [0.2, 0.25) is 0 Å². The van der Waals surface area contributed by atoms with Crippen molar-refractivity contribution >= 4 is 16.3 Å². The van der Waals surface area contributed by atoms with Crippen LogP contribution in [0.5, 0.6) is 0 Å². The number of hydrogen-bond acceptors (Lipinski definition) is 4. The van der Waals surface area contributed by atoms with Gasteiger partial charge in [-0.15, -0.1) is 0 Å². The first-order chi connectivity index (χ1) is 9.47. The Morgan fingerprint density at radius 1 is 1.35 bits per heavy atom. The van der Waals surface area contributed by atoms with Crippen molar-refractivity contribution in [2.24, 2.45) is 0 Å². The van der Waals surface area contributed by atoms with E-state index < -0.39 is 22.6 Å². The summed E-state index contributed by atoms with van der Waals surface area (Å²) in [5.74, 6) is -0.981. The first-order valence-electron chi connectivity index (χ1n) is 5.89. The fourth-order valence-corrected chi connectivity index (χ4v) is 2.54. The van der Waals surface area contributed by atoms with E-state index in [9.17, 15) is 18.9 Å². The van der Waals surface area contributed by atoms with Crippen LogP contribution in [-0.4, -0.2) is 4.92 Å². The summed E-state index contributed by atoms with van der Waals surface area (Å²) >= 11 is 1.06. The van der Waals surface area contributed by atoms with E-state index in [0.29, 0.717) is 6.54 Å². The summed E-state index contributed by atoms with van der Waals surface area (Å²) in [6, 6.07) is 5.96. The van der Waals surface area contributed by atoms with Crippen molar-refractivity contribution in [3.63, 3.8) is 0 Å². The number of halogens is 2. The normalized spacial score (nSPS) is 12.3. The van der Waals surface area contributed by atoms with Crippen molar-refractivity contribution in [1.29, 1.82) is 0 Å². The van der Waals surface area contributed by atoms with Gasteiger partial charge in [0, 0.05) is 29.1 Å². The van der Waals surface area contributed by atoms with Crippen molar-refractivity contribution in [2.45, 2.75) is 19.5 Å². The summed E-state index contributed by atoms with van der Waals surface area (Å²) in [5, 5.41) is 13.6. The Kier molecular flexibility index (Phi) is 4.41. The van der Waals surface area contributed by atoms with E-state index in [1.54, 1.807) is 13.0 Å². The highest BCUT2D eigenvalue weighted by molar-refractivity contribution is 7.15. The van der Waals surface area contributed by atoms with Crippen LogP contribution in [0.15, 0.2) is 30.3 Å². The van der Waals surface area contributed by atoms with Crippen LogP contribution in [0.25, 0.3) is 0 Å². The molecule has 7 heteroatoms. The minimum absolute atomic E-state index is 0.0615. The molecule has 1 aromatic heterocycles. The van der Waals surface area contributed by atoms with Gasteiger partial charge < -0.3 is 5.32 Å². The van der Waals surface area contributed by atoms with Crippen molar-refractivity contribution in [2.75, 3.05) is 0 Å². The number of thiophene rings is 1. The molecule has 0 fully saturated rings. The Hall–Kier alpha value is -1.86. The predicted octanol–water partition coefficient (Wildman–Crippen LogP) is 3.79. The molecule has 1 N–H and O–H groups in total. The zero-order valence-electron chi connectivity index (χ0n) is 10.6. The average Bonchev–Trinajstić information content (AvgIpc) is 2.88. The summed E-state index contributed by atoms with van der Waals surface area (Å²) < 4.78 is 26.7. The standard InChI is InChI=1S/C13H12F2N2O2S/c1-8(11-6-9(14)2-4-12(11)15)16-7-10-3-5-13(20-10)17(18)19/h2-6,8,16H,7H2,1H3. The molecule has 2 rings (SSSR count). The van der Waals surface area contributed by atoms with Gasteiger partial charge in [0.05, 0.1) is 4.92 Å². The van der Waals surface area contributed by atoms with E-state index in [4.69, 9.17) is 0 Å². The number of nitrogens with zero attached hydrogens (tertiary/aromatic N) is 1. The SMILES string of the molecule is CC(NCc1ccc([N+](=O)[O-])s1)c1cc(F)ccc1F. The molecule has 0 amide bonds. The van der Waals surface area contributed by atoms with Crippen LogP contribution in [0, 0.1) is 21.7 Å². The molecule has 1 heterocycles. The molecule has 0 saturated carbocycles. The second-order valence-corrected chi connectivity index (χ2v) is 5.41. The fourth-order valence-electron chi connectivity index (χ4n) is 1.77. The van der Waals surface area contributed by atoms with Gasteiger partial charge in [0.25, 0.3) is 0 Å². The first kappa shape index (κ1) is 14.5. The van der Waals surface area contributed by atoms with Crippen LogP contribution in [0.3, 0.4) is 0 Å². The summed E-state index contributed by atoms with van der Waals surface area (Å²) in [6.45, 7) is 2.06. The highest BCUT2D eigenvalue weighted by Crippen LogP contribution is 2.25. The van der Waals surface area contributed by atoms with Gasteiger partial charge in [0.1, 0.15) is 11.6 Å². The van der Waals surface area contributed by atoms with Crippen molar-refractivity contribution < 1.29 is 13.7 Å². The van der Waals surface area contributed by atoms with Gasteiger partial charge >= 0.3 is 5.00 Å². The topological polar surface area (TPSA) is 55.2 Å². The molecule has 1 aromatic carbocycles. The second kappa shape index (κ2) is 6.06. The van der Waals surface area contributed by atoms with Crippen molar-refractivity contribution in [3.05, 3.63) is 62.5 Å². The van der Waals surface area contributed by atoms with E-state index in [2.05, 4.69) is 5.32 Å². The number of hydrogen-bond donors (Lipinski definition) is 1. The number of benzene rings is 1. The monoisotopic (exact) mass is 298 g/mol. The number of rotatable bonds is 5. The molecule has 0 aliphatic rings. The maximum Gasteiger partial charge on any atom is 0.324 e. The van der Waals surface area contributed by atoms with Crippen LogP contribution < -0.4 is 5.32 Å². The maximum atomic E-state index is 13.6. The van der Waals surface area contributed by atoms with Crippen LogP contribution >= 0.6 is 11.3 Å². The van der Waals surface area contributed by atoms with Gasteiger partial charge in [-0.25, -0.2) is 8.78 Å². The molecule has 20 heavy (non-hydrogen) atoms. The third-order valence-electron chi connectivity index (χ3n) is 2.83. The Bertz CT molecular complexity index is 631. The predicted molar refractivity (Wildman–Crippen MR) is 72.6 cm³/mol. The Balaban J connectivity index is 2.02. The van der Waals surface area contributed by atoms with E-state index in [1.807, 2.05) is 0 Å². The zero-order chi connectivity index (χ0) is 14.7. The van der Waals surface area contributed by atoms with E-state index in [-0.39, 0.29) is 10.6 Å². The third kappa shape index (κ3) is 3.37. The molecule has 1 unspecified atom stereocenters. The van der Waals surface area contributed by atoms with E-state index >= 15 is 0 Å². The van der Waals surface area contributed by atoms with Crippen LogP contribution in [0.4, 0.5) is 13.8 Å². The molecule has 2 aromatic rings. The van der Waals surface area contributed by atoms with Gasteiger partial charge in [-0.05, 0) is 31.2 Å². The molecule has 0 spiro atoms. The molecule has 0 aliphatic heterocycles. The first-order valence-corrected chi connectivity index (χ1v) is 6.70. The Morgan fingerprint density at radius 3 is 2.75 bits per heavy atom. The van der Waals surface area contributed by atoms with E-state index in [0.717, 1.165) is 34.4 Å². The average molecular weight is 298 g/mol. The van der Waals surface area contributed by atoms with Crippen molar-refractivity contribution in [1.82, 2.24) is 5.32 Å². The lowest BCUT2D eigenvalue weighted by Crippen LogP contribution is -2.18. The van der Waals surface area contributed by atoms with Gasteiger partial charge in [0.2, 0.25) is 0 Å². The molecule has 0 bridgehead atoms. The van der Waals surface area contributed by atoms with Crippen molar-refractivity contribution in [3.8, 4) is 0 Å². The molecule has 1 atom stereocenters. The van der Waals surface area contributed by atoms with Gasteiger partial charge in [-0.2, -0.15) is 0 Å². The van der Waals surface area contributed by atoms with Gasteiger partial charge in [-0.3, -0.25) is 10.1 Å². The molecular formula is C13H12F2N2O2S. The number of nitro groups is 1. The lowest BCUT2D eigenvalue weighted by molar-refractivity contribution is -0.380. The molecular weight excluding hydrogens is 286 g/mol. The smallest absolute Gasteiger partial charge is 0.305 e. The number of nitrogens with one attached hydrogen (secondary N) is 1. The molecule has 0 aliphatic carbocycles. The minimum Gasteiger partial charge on any atom is -0.305 e. The largest absolute Gasteiger partial charge is 0.324 e. The summed E-state index contributed by atoms with van der Waals surface area (Å²) in [4.78, 5) is 10.9. The Labute approximate surface area is 118 Å². The lowest BCUT2D eigenvalue weighted by Gasteiger charge is -2.14. The molecule has 0 saturated heterocycles. The summed E-state index contributed by atoms with van der Waals surface area (Å²) in [6.07, 6.45) is 0. The minimum atomic E-state index is -0.498.